The second kappa shape index (κ2) is 5.00. The smallest absolute Gasteiger partial charge is 0.372 e. The normalized spacial score (nSPS) is 7.12. The number of ketones is 1. The molecule has 4 heteroatoms. The molecule has 0 aliphatic rings. The Balaban J connectivity index is 0. The number of carbonyl (C=O) groups is 2. The zero-order valence-electron chi connectivity index (χ0n) is 4.47. The van der Waals surface area contributed by atoms with Gasteiger partial charge in [-0.3, -0.25) is 4.79 Å². The third kappa shape index (κ3) is 4.03. The Morgan fingerprint density at radius 2 is 1.88 bits per heavy atom. The number of carboxylic acid groups (broad SMARTS) is 1. The standard InChI is InChI=1S/C4H6O3.Ti/c1-2-3(5)4(6)7;/h2H2,1H3,(H,6,7);. The second-order valence-corrected chi connectivity index (χ2v) is 1.08. The van der Waals surface area contributed by atoms with Crippen molar-refractivity contribution in [3.63, 3.8) is 0 Å². The van der Waals surface area contributed by atoms with Crippen LogP contribution in [-0.4, -0.2) is 16.9 Å². The van der Waals surface area contributed by atoms with Gasteiger partial charge in [-0.1, -0.05) is 6.92 Å². The predicted molar refractivity (Wildman–Crippen MR) is 22.9 cm³/mol. The summed E-state index contributed by atoms with van der Waals surface area (Å²) in [5.74, 6) is -2.08. The third-order valence-corrected chi connectivity index (χ3v) is 0.560. The second-order valence-electron chi connectivity index (χ2n) is 1.08. The van der Waals surface area contributed by atoms with Crippen LogP contribution in [0.5, 0.6) is 0 Å². The average Bonchev–Trinajstić information content (AvgIpc) is 1.65. The molecular weight excluding hydrogens is 144 g/mol. The molecule has 0 rings (SSSR count). The van der Waals surface area contributed by atoms with Gasteiger partial charge in [-0.25, -0.2) is 4.79 Å². The molecule has 0 radical (unpaired) electrons. The van der Waals surface area contributed by atoms with Gasteiger partial charge in [-0.15, -0.1) is 0 Å². The summed E-state index contributed by atoms with van der Waals surface area (Å²) in [4.78, 5) is 19.5. The van der Waals surface area contributed by atoms with E-state index in [0.29, 0.717) is 0 Å². The molecule has 0 aromatic rings. The van der Waals surface area contributed by atoms with Crippen molar-refractivity contribution in [3.8, 4) is 0 Å². The molecule has 0 aromatic carbocycles. The Hall–Kier alpha value is -0.146. The summed E-state index contributed by atoms with van der Waals surface area (Å²) in [5.41, 5.74) is 0. The molecule has 0 aliphatic heterocycles. The molecule has 0 aromatic heterocycles. The fourth-order valence-corrected chi connectivity index (χ4v) is 0.151. The number of rotatable bonds is 2. The fraction of sp³-hybridized carbons (Fsp3) is 0.500. The summed E-state index contributed by atoms with van der Waals surface area (Å²) in [6, 6.07) is 0. The van der Waals surface area contributed by atoms with Crippen LogP contribution in [0.4, 0.5) is 0 Å². The summed E-state index contributed by atoms with van der Waals surface area (Å²) in [6.45, 7) is 1.51. The molecule has 1 N–H and O–H groups in total. The molecule has 0 atom stereocenters. The van der Waals surface area contributed by atoms with E-state index in [1.165, 1.54) is 6.92 Å². The number of carbonyl (C=O) groups excluding carboxylic acids is 1. The van der Waals surface area contributed by atoms with Crippen molar-refractivity contribution in [1.82, 2.24) is 0 Å². The van der Waals surface area contributed by atoms with E-state index < -0.39 is 11.8 Å². The molecule has 0 saturated heterocycles. The van der Waals surface area contributed by atoms with E-state index in [0.717, 1.165) is 0 Å². The molecule has 0 unspecified atom stereocenters. The number of carboxylic acids is 1. The maximum absolute atomic E-state index is 9.91. The van der Waals surface area contributed by atoms with Gasteiger partial charge >= 0.3 is 5.97 Å². The van der Waals surface area contributed by atoms with Gasteiger partial charge in [-0.05, 0) is 0 Å². The fourth-order valence-electron chi connectivity index (χ4n) is 0.151. The molecule has 0 amide bonds. The van der Waals surface area contributed by atoms with Gasteiger partial charge in [0.2, 0.25) is 5.78 Å². The Morgan fingerprint density at radius 3 is 1.88 bits per heavy atom. The Kier molecular flexibility index (Phi) is 6.73. The van der Waals surface area contributed by atoms with Crippen molar-refractivity contribution in [1.29, 1.82) is 0 Å². The van der Waals surface area contributed by atoms with Gasteiger partial charge in [0, 0.05) is 28.1 Å². The van der Waals surface area contributed by atoms with Crippen LogP contribution in [0, 0.1) is 0 Å². The van der Waals surface area contributed by atoms with E-state index in [1.54, 1.807) is 0 Å². The van der Waals surface area contributed by atoms with Gasteiger partial charge in [-0.2, -0.15) is 0 Å². The van der Waals surface area contributed by atoms with Crippen LogP contribution in [0.2, 0.25) is 0 Å². The van der Waals surface area contributed by atoms with Gasteiger partial charge in [0.15, 0.2) is 0 Å². The Morgan fingerprint density at radius 1 is 1.50 bits per heavy atom. The maximum Gasteiger partial charge on any atom is 0.372 e. The van der Waals surface area contributed by atoms with Crippen LogP contribution in [-0.2, 0) is 31.3 Å². The topological polar surface area (TPSA) is 54.4 Å². The predicted octanol–water partition coefficient (Wildman–Crippen LogP) is 0.0476. The molecule has 0 aliphatic carbocycles. The van der Waals surface area contributed by atoms with Crippen LogP contribution < -0.4 is 0 Å². The molecular formula is C4H6O3Ti. The van der Waals surface area contributed by atoms with E-state index >= 15 is 0 Å². The van der Waals surface area contributed by atoms with Gasteiger partial charge in [0.1, 0.15) is 0 Å². The number of hydrogen-bond acceptors (Lipinski definition) is 2. The van der Waals surface area contributed by atoms with E-state index in [1.807, 2.05) is 0 Å². The zero-order chi connectivity index (χ0) is 5.86. The van der Waals surface area contributed by atoms with E-state index in [4.69, 9.17) is 5.11 Å². The molecule has 0 fully saturated rings. The van der Waals surface area contributed by atoms with E-state index in [9.17, 15) is 9.59 Å². The molecule has 0 spiro atoms. The summed E-state index contributed by atoms with van der Waals surface area (Å²) in [6.07, 6.45) is 0.0787. The average molecular weight is 150 g/mol. The van der Waals surface area contributed by atoms with Crippen LogP contribution >= 0.6 is 0 Å². The molecule has 0 heterocycles. The van der Waals surface area contributed by atoms with Crippen LogP contribution in [0.25, 0.3) is 0 Å². The third-order valence-electron chi connectivity index (χ3n) is 0.560. The van der Waals surface area contributed by atoms with Crippen molar-refractivity contribution < 1.29 is 36.4 Å². The van der Waals surface area contributed by atoms with Crippen molar-refractivity contribution in [2.24, 2.45) is 0 Å². The Bertz CT molecular complexity index is 99.5. The van der Waals surface area contributed by atoms with Gasteiger partial charge in [0.25, 0.3) is 0 Å². The molecule has 44 valence electrons. The monoisotopic (exact) mass is 150 g/mol. The van der Waals surface area contributed by atoms with Crippen LogP contribution in [0.15, 0.2) is 0 Å². The van der Waals surface area contributed by atoms with Gasteiger partial charge in [0.05, 0.1) is 0 Å². The minimum Gasteiger partial charge on any atom is -0.476 e. The summed E-state index contributed by atoms with van der Waals surface area (Å²) < 4.78 is 0. The van der Waals surface area contributed by atoms with Gasteiger partial charge < -0.3 is 5.11 Å². The quantitative estimate of drug-likeness (QED) is 0.446. The first-order chi connectivity index (χ1) is 3.18. The Labute approximate surface area is 62.0 Å². The van der Waals surface area contributed by atoms with Crippen molar-refractivity contribution in [2.45, 2.75) is 13.3 Å². The largest absolute Gasteiger partial charge is 0.476 e. The van der Waals surface area contributed by atoms with Crippen molar-refractivity contribution in [3.05, 3.63) is 0 Å². The van der Waals surface area contributed by atoms with Crippen molar-refractivity contribution in [2.75, 3.05) is 0 Å². The maximum atomic E-state index is 9.91. The molecule has 0 saturated carbocycles. The van der Waals surface area contributed by atoms with Crippen LogP contribution in [0.3, 0.4) is 0 Å². The summed E-state index contributed by atoms with van der Waals surface area (Å²) in [5, 5.41) is 7.83. The first-order valence-electron chi connectivity index (χ1n) is 1.94. The number of hydrogen-bond donors (Lipinski definition) is 1. The number of aliphatic carboxylic acids is 1. The molecule has 8 heavy (non-hydrogen) atoms. The first kappa shape index (κ1) is 10.8. The zero-order valence-corrected chi connectivity index (χ0v) is 6.03. The minimum absolute atomic E-state index is 0. The number of Topliss-reactive ketones (excluding diaryl/α,β-unsaturated/α-hetero) is 1. The molecule has 3 nitrogen and oxygen atoms in total. The molecule has 0 bridgehead atoms. The van der Waals surface area contributed by atoms with E-state index in [-0.39, 0.29) is 28.1 Å². The summed E-state index contributed by atoms with van der Waals surface area (Å²) >= 11 is 0. The van der Waals surface area contributed by atoms with E-state index in [2.05, 4.69) is 0 Å². The first-order valence-corrected chi connectivity index (χ1v) is 1.94. The minimum atomic E-state index is -1.34. The SMILES string of the molecule is CCC(=O)C(=O)O.[Ti]. The van der Waals surface area contributed by atoms with Crippen LogP contribution in [0.1, 0.15) is 13.3 Å². The summed E-state index contributed by atoms with van der Waals surface area (Å²) in [7, 11) is 0. The van der Waals surface area contributed by atoms with Crippen molar-refractivity contribution >= 4 is 11.8 Å².